The number of ether oxygens (including phenoxy) is 3. The van der Waals surface area contributed by atoms with Gasteiger partial charge in [-0.3, -0.25) is 14.4 Å². The first-order valence-corrected chi connectivity index (χ1v) is 31.1. The standard InChI is InChI=1S/C67H116O6/c1-4-7-10-13-16-19-22-25-28-31-32-33-34-37-39-42-45-48-51-54-57-60-66(69)72-63-64(73-67(70)61-58-55-52-49-46-43-40-36-30-27-24-21-18-15-12-9-6-3)62-71-65(68)59-56-53-50-47-44-41-38-35-29-26-23-20-17-14-11-8-5-2/h17,20,26-27,29-30,38,40-41,43,47,49-50,52,64H,4-16,18-19,21-25,28,31-37,39,42,44-46,48,51,53-63H2,1-3H3/b20-17-,29-26-,30-27-,41-38-,43-40-,50-47-,52-49-/t64-/m1/s1. The van der Waals surface area contributed by atoms with Crippen LogP contribution in [0.4, 0.5) is 0 Å². The molecule has 0 aliphatic carbocycles. The van der Waals surface area contributed by atoms with Crippen molar-refractivity contribution in [1.82, 2.24) is 0 Å². The normalized spacial score (nSPS) is 12.6. The summed E-state index contributed by atoms with van der Waals surface area (Å²) in [6, 6.07) is 0. The van der Waals surface area contributed by atoms with Gasteiger partial charge in [-0.1, -0.05) is 279 Å². The highest BCUT2D eigenvalue weighted by Crippen LogP contribution is 2.16. The Hall–Kier alpha value is -3.41. The van der Waals surface area contributed by atoms with Crippen molar-refractivity contribution in [2.24, 2.45) is 0 Å². The van der Waals surface area contributed by atoms with E-state index in [4.69, 9.17) is 14.2 Å². The quantitative estimate of drug-likeness (QED) is 0.0261. The van der Waals surface area contributed by atoms with Gasteiger partial charge in [-0.25, -0.2) is 0 Å². The molecule has 0 aromatic rings. The van der Waals surface area contributed by atoms with Gasteiger partial charge in [-0.2, -0.15) is 0 Å². The average molecular weight is 1020 g/mol. The summed E-state index contributed by atoms with van der Waals surface area (Å²) in [6.45, 7) is 6.55. The molecule has 0 radical (unpaired) electrons. The third-order valence-electron chi connectivity index (χ3n) is 13.4. The first-order chi connectivity index (χ1) is 36.0. The molecule has 0 unspecified atom stereocenters. The Morgan fingerprint density at radius 2 is 0.507 bits per heavy atom. The Balaban J connectivity index is 4.47. The van der Waals surface area contributed by atoms with Crippen LogP contribution in [0.3, 0.4) is 0 Å². The van der Waals surface area contributed by atoms with E-state index in [0.29, 0.717) is 19.3 Å². The van der Waals surface area contributed by atoms with Gasteiger partial charge in [0.1, 0.15) is 13.2 Å². The van der Waals surface area contributed by atoms with Crippen LogP contribution >= 0.6 is 0 Å². The lowest BCUT2D eigenvalue weighted by Gasteiger charge is -2.18. The SMILES string of the molecule is CCCCC/C=C\C/C=C\C/C=C\C/C=C\CCCC(=O)OC[C@H](COC(=O)CCCCCCCCCCCCCCCCCCCCCCC)OC(=O)CCC/C=C\C/C=C\C/C=C\CCCCCCCC. The monoisotopic (exact) mass is 1020 g/mol. The number of hydrogen-bond donors (Lipinski definition) is 0. The van der Waals surface area contributed by atoms with Crippen molar-refractivity contribution in [2.75, 3.05) is 13.2 Å². The molecule has 0 saturated carbocycles. The van der Waals surface area contributed by atoms with Gasteiger partial charge in [0.15, 0.2) is 6.10 Å². The van der Waals surface area contributed by atoms with E-state index < -0.39 is 6.10 Å². The maximum atomic E-state index is 12.9. The van der Waals surface area contributed by atoms with Crippen LogP contribution in [0.15, 0.2) is 85.1 Å². The topological polar surface area (TPSA) is 78.9 Å². The van der Waals surface area contributed by atoms with E-state index in [1.165, 1.54) is 186 Å². The Kier molecular flexibility index (Phi) is 58.3. The minimum absolute atomic E-state index is 0.111. The third-order valence-corrected chi connectivity index (χ3v) is 13.4. The van der Waals surface area contributed by atoms with E-state index in [2.05, 4.69) is 106 Å². The number of rotatable bonds is 56. The molecule has 1 atom stereocenters. The van der Waals surface area contributed by atoms with Gasteiger partial charge < -0.3 is 14.2 Å². The first kappa shape index (κ1) is 69.6. The zero-order valence-corrected chi connectivity index (χ0v) is 48.1. The minimum Gasteiger partial charge on any atom is -0.462 e. The second-order valence-electron chi connectivity index (χ2n) is 20.6. The van der Waals surface area contributed by atoms with Crippen LogP contribution in [0.25, 0.3) is 0 Å². The Labute approximate surface area is 452 Å². The van der Waals surface area contributed by atoms with Crippen LogP contribution in [-0.4, -0.2) is 37.2 Å². The van der Waals surface area contributed by atoms with E-state index in [-0.39, 0.29) is 44.0 Å². The molecule has 0 aliphatic heterocycles. The van der Waals surface area contributed by atoms with E-state index in [9.17, 15) is 14.4 Å². The van der Waals surface area contributed by atoms with Crippen LogP contribution in [0.2, 0.25) is 0 Å². The van der Waals surface area contributed by atoms with E-state index in [0.717, 1.165) is 64.2 Å². The molecule has 0 spiro atoms. The zero-order chi connectivity index (χ0) is 52.9. The Bertz CT molecular complexity index is 1400. The van der Waals surface area contributed by atoms with Crippen molar-refractivity contribution < 1.29 is 28.6 Å². The number of unbranched alkanes of at least 4 members (excludes halogenated alkanes) is 31. The van der Waals surface area contributed by atoms with Crippen molar-refractivity contribution in [3.05, 3.63) is 85.1 Å². The molecule has 0 N–H and O–H groups in total. The van der Waals surface area contributed by atoms with E-state index in [1.807, 2.05) is 0 Å². The maximum absolute atomic E-state index is 12.9. The lowest BCUT2D eigenvalue weighted by Crippen LogP contribution is -2.30. The number of carbonyl (C=O) groups excluding carboxylic acids is 3. The molecule has 0 fully saturated rings. The van der Waals surface area contributed by atoms with Crippen molar-refractivity contribution >= 4 is 17.9 Å². The number of esters is 3. The van der Waals surface area contributed by atoms with Gasteiger partial charge >= 0.3 is 17.9 Å². The molecule has 0 amide bonds. The lowest BCUT2D eigenvalue weighted by molar-refractivity contribution is -0.167. The average Bonchev–Trinajstić information content (AvgIpc) is 3.39. The summed E-state index contributed by atoms with van der Waals surface area (Å²) in [7, 11) is 0. The zero-order valence-electron chi connectivity index (χ0n) is 48.1. The van der Waals surface area contributed by atoms with Crippen LogP contribution in [0.5, 0.6) is 0 Å². The van der Waals surface area contributed by atoms with Gasteiger partial charge in [-0.05, 0) is 89.9 Å². The lowest BCUT2D eigenvalue weighted by atomic mass is 10.0. The predicted octanol–water partition coefficient (Wildman–Crippen LogP) is 21.1. The fourth-order valence-electron chi connectivity index (χ4n) is 8.69. The smallest absolute Gasteiger partial charge is 0.306 e. The summed E-state index contributed by atoms with van der Waals surface area (Å²) in [5.41, 5.74) is 0. The highest BCUT2D eigenvalue weighted by molar-refractivity contribution is 5.71. The Morgan fingerprint density at radius 1 is 0.274 bits per heavy atom. The fraction of sp³-hybridized carbons (Fsp3) is 0.746. The van der Waals surface area contributed by atoms with Gasteiger partial charge in [0.2, 0.25) is 0 Å². The molecule has 0 heterocycles. The minimum atomic E-state index is -0.825. The number of hydrogen-bond acceptors (Lipinski definition) is 6. The summed E-state index contributed by atoms with van der Waals surface area (Å²) in [5, 5.41) is 0. The van der Waals surface area contributed by atoms with Crippen molar-refractivity contribution in [2.45, 2.75) is 309 Å². The largest absolute Gasteiger partial charge is 0.462 e. The summed E-state index contributed by atoms with van der Waals surface area (Å²) >= 11 is 0. The molecule has 6 nitrogen and oxygen atoms in total. The van der Waals surface area contributed by atoms with Crippen LogP contribution in [-0.2, 0) is 28.6 Å². The molecule has 0 aliphatic rings. The summed E-state index contributed by atoms with van der Waals surface area (Å²) in [5.74, 6) is -1.01. The second-order valence-corrected chi connectivity index (χ2v) is 20.6. The van der Waals surface area contributed by atoms with Crippen molar-refractivity contribution in [3.63, 3.8) is 0 Å². The molecule has 0 bridgehead atoms. The van der Waals surface area contributed by atoms with E-state index >= 15 is 0 Å². The number of allylic oxidation sites excluding steroid dienone is 14. The molecular formula is C67H116O6. The third kappa shape index (κ3) is 59.3. The highest BCUT2D eigenvalue weighted by atomic mass is 16.6. The summed E-state index contributed by atoms with van der Waals surface area (Å²) in [4.78, 5) is 38.2. The summed E-state index contributed by atoms with van der Waals surface area (Å²) < 4.78 is 16.8. The fourth-order valence-corrected chi connectivity index (χ4v) is 8.69. The molecular weight excluding hydrogens is 901 g/mol. The first-order valence-electron chi connectivity index (χ1n) is 31.1. The van der Waals surface area contributed by atoms with Gasteiger partial charge in [0.05, 0.1) is 0 Å². The van der Waals surface area contributed by atoms with Crippen LogP contribution in [0, 0.1) is 0 Å². The molecule has 73 heavy (non-hydrogen) atoms. The molecule has 0 aromatic heterocycles. The maximum Gasteiger partial charge on any atom is 0.306 e. The predicted molar refractivity (Wildman–Crippen MR) is 316 cm³/mol. The molecule has 6 heteroatoms. The number of carbonyl (C=O) groups is 3. The van der Waals surface area contributed by atoms with Crippen LogP contribution in [0.1, 0.15) is 303 Å². The molecule has 420 valence electrons. The summed E-state index contributed by atoms with van der Waals surface area (Å²) in [6.07, 6.45) is 80.3. The molecule has 0 aromatic carbocycles. The van der Waals surface area contributed by atoms with Crippen LogP contribution < -0.4 is 0 Å². The molecule has 0 rings (SSSR count). The van der Waals surface area contributed by atoms with E-state index in [1.54, 1.807) is 0 Å². The van der Waals surface area contributed by atoms with Gasteiger partial charge in [-0.15, -0.1) is 0 Å². The van der Waals surface area contributed by atoms with Gasteiger partial charge in [0.25, 0.3) is 0 Å². The van der Waals surface area contributed by atoms with Crippen molar-refractivity contribution in [1.29, 1.82) is 0 Å². The Morgan fingerprint density at radius 3 is 0.849 bits per heavy atom. The molecule has 0 saturated heterocycles. The second kappa shape index (κ2) is 61.1. The van der Waals surface area contributed by atoms with Gasteiger partial charge in [0, 0.05) is 19.3 Å². The highest BCUT2D eigenvalue weighted by Gasteiger charge is 2.19. The van der Waals surface area contributed by atoms with Crippen molar-refractivity contribution in [3.8, 4) is 0 Å².